The van der Waals surface area contributed by atoms with E-state index in [1.165, 1.54) is 19.1 Å². The number of rotatable bonds is 3. The normalized spacial score (nSPS) is 10.9. The summed E-state index contributed by atoms with van der Waals surface area (Å²) in [7, 11) is 0. The molecule has 94 valence electrons. The molecule has 1 aromatic carbocycles. The second-order valence-electron chi connectivity index (χ2n) is 4.53. The third-order valence-electron chi connectivity index (χ3n) is 2.78. The molecule has 3 nitrogen and oxygen atoms in total. The summed E-state index contributed by atoms with van der Waals surface area (Å²) in [5, 5.41) is 0. The predicted molar refractivity (Wildman–Crippen MR) is 67.6 cm³/mol. The van der Waals surface area contributed by atoms with Crippen molar-refractivity contribution < 1.29 is 9.18 Å². The first-order valence-corrected chi connectivity index (χ1v) is 5.85. The van der Waals surface area contributed by atoms with Gasteiger partial charge in [-0.15, -0.1) is 0 Å². The highest BCUT2D eigenvalue weighted by Gasteiger charge is 2.14. The number of halogens is 1. The van der Waals surface area contributed by atoms with Crippen LogP contribution in [0, 0.1) is 5.82 Å². The molecular weight excluding hydrogens is 231 g/mol. The Morgan fingerprint density at radius 2 is 2.11 bits per heavy atom. The Hall–Kier alpha value is -1.97. The minimum absolute atomic E-state index is 0.159. The van der Waals surface area contributed by atoms with Crippen LogP contribution in [-0.2, 0) is 0 Å². The van der Waals surface area contributed by atoms with Crippen molar-refractivity contribution in [1.29, 1.82) is 0 Å². The lowest BCUT2D eigenvalue weighted by Crippen LogP contribution is -2.08. The lowest BCUT2D eigenvalue weighted by molar-refractivity contribution is 0.101. The Morgan fingerprint density at radius 1 is 1.39 bits per heavy atom. The standard InChI is InChI=1S/C14H15FN2O/c1-9(2)14-16-6-7-17(14)13-5-4-11(15)8-12(13)10(3)18/h4-9H,1-3H3. The van der Waals surface area contributed by atoms with Gasteiger partial charge in [-0.25, -0.2) is 9.37 Å². The van der Waals surface area contributed by atoms with Gasteiger partial charge in [0.2, 0.25) is 0 Å². The van der Waals surface area contributed by atoms with Gasteiger partial charge < -0.3 is 4.57 Å². The molecule has 1 heterocycles. The van der Waals surface area contributed by atoms with Crippen molar-refractivity contribution in [1.82, 2.24) is 9.55 Å². The van der Waals surface area contributed by atoms with E-state index in [0.29, 0.717) is 11.3 Å². The van der Waals surface area contributed by atoms with Crippen molar-refractivity contribution in [2.75, 3.05) is 0 Å². The van der Waals surface area contributed by atoms with Crippen LogP contribution >= 0.6 is 0 Å². The summed E-state index contributed by atoms with van der Waals surface area (Å²) >= 11 is 0. The Morgan fingerprint density at radius 3 is 2.72 bits per heavy atom. The maximum absolute atomic E-state index is 13.2. The van der Waals surface area contributed by atoms with Gasteiger partial charge in [0.25, 0.3) is 0 Å². The SMILES string of the molecule is CC(=O)c1cc(F)ccc1-n1ccnc1C(C)C. The van der Waals surface area contributed by atoms with Crippen LogP contribution in [0.3, 0.4) is 0 Å². The molecule has 0 atom stereocenters. The molecule has 18 heavy (non-hydrogen) atoms. The number of ketones is 1. The van der Waals surface area contributed by atoms with Crippen LogP contribution in [0.5, 0.6) is 0 Å². The van der Waals surface area contributed by atoms with E-state index in [1.807, 2.05) is 18.4 Å². The predicted octanol–water partition coefficient (Wildman–Crippen LogP) is 3.34. The fourth-order valence-electron chi connectivity index (χ4n) is 1.95. The lowest BCUT2D eigenvalue weighted by atomic mass is 10.1. The van der Waals surface area contributed by atoms with Gasteiger partial charge in [-0.1, -0.05) is 13.8 Å². The molecule has 0 amide bonds. The van der Waals surface area contributed by atoms with E-state index in [9.17, 15) is 9.18 Å². The van der Waals surface area contributed by atoms with Gasteiger partial charge in [0.05, 0.1) is 5.69 Å². The molecule has 2 rings (SSSR count). The van der Waals surface area contributed by atoms with Crippen molar-refractivity contribution in [3.05, 3.63) is 47.8 Å². The van der Waals surface area contributed by atoms with Crippen LogP contribution in [0.15, 0.2) is 30.6 Å². The van der Waals surface area contributed by atoms with E-state index >= 15 is 0 Å². The molecule has 2 aromatic rings. The smallest absolute Gasteiger partial charge is 0.162 e. The molecule has 0 aliphatic rings. The van der Waals surface area contributed by atoms with Gasteiger partial charge in [-0.2, -0.15) is 0 Å². The Bertz CT molecular complexity index is 587. The van der Waals surface area contributed by atoms with Crippen molar-refractivity contribution in [2.45, 2.75) is 26.7 Å². The first-order valence-electron chi connectivity index (χ1n) is 5.85. The van der Waals surface area contributed by atoms with Crippen LogP contribution in [0.25, 0.3) is 5.69 Å². The van der Waals surface area contributed by atoms with E-state index in [0.717, 1.165) is 5.82 Å². The number of imidazole rings is 1. The van der Waals surface area contributed by atoms with E-state index in [4.69, 9.17) is 0 Å². The Balaban J connectivity index is 2.63. The molecule has 0 saturated carbocycles. The minimum atomic E-state index is -0.407. The minimum Gasteiger partial charge on any atom is -0.303 e. The van der Waals surface area contributed by atoms with Crippen molar-refractivity contribution in [3.8, 4) is 5.69 Å². The maximum atomic E-state index is 13.2. The van der Waals surface area contributed by atoms with Crippen LogP contribution in [0.1, 0.15) is 42.9 Å². The molecule has 0 spiro atoms. The van der Waals surface area contributed by atoms with Gasteiger partial charge in [0.1, 0.15) is 11.6 Å². The van der Waals surface area contributed by atoms with E-state index in [2.05, 4.69) is 4.98 Å². The summed E-state index contributed by atoms with van der Waals surface area (Å²) < 4.78 is 15.1. The zero-order valence-corrected chi connectivity index (χ0v) is 10.6. The number of nitrogens with zero attached hydrogens (tertiary/aromatic N) is 2. The number of carbonyl (C=O) groups is 1. The van der Waals surface area contributed by atoms with Crippen molar-refractivity contribution in [3.63, 3.8) is 0 Å². The quantitative estimate of drug-likeness (QED) is 0.778. The van der Waals surface area contributed by atoms with E-state index in [-0.39, 0.29) is 11.7 Å². The molecule has 4 heteroatoms. The number of hydrogen-bond donors (Lipinski definition) is 0. The number of Topliss-reactive ketones (excluding diaryl/α,β-unsaturated/α-hetero) is 1. The highest BCUT2D eigenvalue weighted by Crippen LogP contribution is 2.22. The molecule has 0 bridgehead atoms. The number of carbonyl (C=O) groups excluding carboxylic acids is 1. The molecule has 0 unspecified atom stereocenters. The van der Waals surface area contributed by atoms with Crippen LogP contribution < -0.4 is 0 Å². The average molecular weight is 246 g/mol. The summed E-state index contributed by atoms with van der Waals surface area (Å²) in [6.07, 6.45) is 3.47. The monoisotopic (exact) mass is 246 g/mol. The van der Waals surface area contributed by atoms with Gasteiger partial charge in [0, 0.05) is 23.9 Å². The molecule has 0 aliphatic heterocycles. The van der Waals surface area contributed by atoms with Gasteiger partial charge >= 0.3 is 0 Å². The van der Waals surface area contributed by atoms with Gasteiger partial charge in [0.15, 0.2) is 5.78 Å². The van der Waals surface area contributed by atoms with E-state index in [1.54, 1.807) is 18.5 Å². The third kappa shape index (κ3) is 2.18. The Labute approximate surface area is 105 Å². The summed E-state index contributed by atoms with van der Waals surface area (Å²) in [5.41, 5.74) is 1.04. The number of hydrogen-bond acceptors (Lipinski definition) is 2. The number of aromatic nitrogens is 2. The first kappa shape index (κ1) is 12.5. The first-order chi connectivity index (χ1) is 8.50. The van der Waals surface area contributed by atoms with Gasteiger partial charge in [-0.3, -0.25) is 4.79 Å². The highest BCUT2D eigenvalue weighted by atomic mass is 19.1. The molecular formula is C14H15FN2O. The highest BCUT2D eigenvalue weighted by molar-refractivity contribution is 5.97. The molecule has 0 saturated heterocycles. The third-order valence-corrected chi connectivity index (χ3v) is 2.78. The Kier molecular flexibility index (Phi) is 3.28. The molecule has 0 radical (unpaired) electrons. The average Bonchev–Trinajstić information content (AvgIpc) is 2.77. The molecule has 1 aromatic heterocycles. The maximum Gasteiger partial charge on any atom is 0.162 e. The molecule has 0 N–H and O–H groups in total. The zero-order chi connectivity index (χ0) is 13.3. The number of benzene rings is 1. The fraction of sp³-hybridized carbons (Fsp3) is 0.286. The second-order valence-corrected chi connectivity index (χ2v) is 4.53. The van der Waals surface area contributed by atoms with Gasteiger partial charge in [-0.05, 0) is 25.1 Å². The zero-order valence-electron chi connectivity index (χ0n) is 10.6. The second kappa shape index (κ2) is 4.72. The summed E-state index contributed by atoms with van der Waals surface area (Å²) in [5.74, 6) is 0.511. The van der Waals surface area contributed by atoms with Crippen LogP contribution in [0.4, 0.5) is 4.39 Å². The summed E-state index contributed by atoms with van der Waals surface area (Å²) in [6.45, 7) is 5.48. The lowest BCUT2D eigenvalue weighted by Gasteiger charge is -2.13. The van der Waals surface area contributed by atoms with Crippen molar-refractivity contribution >= 4 is 5.78 Å². The fourth-order valence-corrected chi connectivity index (χ4v) is 1.95. The van der Waals surface area contributed by atoms with E-state index < -0.39 is 5.82 Å². The van der Waals surface area contributed by atoms with Crippen molar-refractivity contribution in [2.24, 2.45) is 0 Å². The topological polar surface area (TPSA) is 34.9 Å². The molecule has 0 fully saturated rings. The largest absolute Gasteiger partial charge is 0.303 e. The van der Waals surface area contributed by atoms with Crippen LogP contribution in [0.2, 0.25) is 0 Å². The van der Waals surface area contributed by atoms with Crippen LogP contribution in [-0.4, -0.2) is 15.3 Å². The molecule has 0 aliphatic carbocycles. The summed E-state index contributed by atoms with van der Waals surface area (Å²) in [6, 6.07) is 4.23. The summed E-state index contributed by atoms with van der Waals surface area (Å²) in [4.78, 5) is 15.9.